The lowest BCUT2D eigenvalue weighted by Crippen LogP contribution is -2.23. The predicted molar refractivity (Wildman–Crippen MR) is 85.5 cm³/mol. The van der Waals surface area contributed by atoms with Crippen molar-refractivity contribution in [2.45, 2.75) is 6.54 Å². The summed E-state index contributed by atoms with van der Waals surface area (Å²) < 4.78 is 6.80. The van der Waals surface area contributed by atoms with Crippen LogP contribution in [0.1, 0.15) is 15.9 Å². The Morgan fingerprint density at radius 3 is 2.87 bits per heavy atom. The number of hydrogen-bond acceptors (Lipinski definition) is 4. The second-order valence-corrected chi connectivity index (χ2v) is 4.89. The van der Waals surface area contributed by atoms with Crippen LogP contribution < -0.4 is 10.1 Å². The first-order valence-corrected chi connectivity index (χ1v) is 7.13. The van der Waals surface area contributed by atoms with Gasteiger partial charge in [-0.3, -0.25) is 4.79 Å². The van der Waals surface area contributed by atoms with E-state index in [2.05, 4.69) is 15.4 Å². The molecule has 116 valence electrons. The molecule has 0 radical (unpaired) electrons. The van der Waals surface area contributed by atoms with Crippen molar-refractivity contribution >= 4 is 5.91 Å². The van der Waals surface area contributed by atoms with Crippen molar-refractivity contribution in [3.8, 4) is 11.6 Å². The minimum absolute atomic E-state index is 0.174. The van der Waals surface area contributed by atoms with Crippen molar-refractivity contribution in [2.75, 3.05) is 7.11 Å². The standard InChI is InChI=1S/C17H16N4O2/c1-23-15-5-2-4-13(10-15)11-19-17(22)14-6-7-16(18-12-14)21-9-3-8-20-21/h2-10,12H,11H2,1H3,(H,19,22). The molecular weight excluding hydrogens is 292 g/mol. The molecule has 0 unspecified atom stereocenters. The maximum Gasteiger partial charge on any atom is 0.253 e. The van der Waals surface area contributed by atoms with E-state index in [4.69, 9.17) is 4.74 Å². The minimum atomic E-state index is -0.174. The Hall–Kier alpha value is -3.15. The number of nitrogens with zero attached hydrogens (tertiary/aromatic N) is 3. The number of methoxy groups -OCH3 is 1. The maximum absolute atomic E-state index is 12.2. The van der Waals surface area contributed by atoms with E-state index in [9.17, 15) is 4.79 Å². The van der Waals surface area contributed by atoms with Gasteiger partial charge >= 0.3 is 0 Å². The summed E-state index contributed by atoms with van der Waals surface area (Å²) in [5.74, 6) is 1.26. The van der Waals surface area contributed by atoms with Gasteiger partial charge in [0.15, 0.2) is 5.82 Å². The van der Waals surface area contributed by atoms with Crippen molar-refractivity contribution in [2.24, 2.45) is 0 Å². The van der Waals surface area contributed by atoms with Crippen LogP contribution in [0.15, 0.2) is 61.1 Å². The molecule has 0 aliphatic heterocycles. The molecule has 2 heterocycles. The highest BCUT2D eigenvalue weighted by Crippen LogP contribution is 2.12. The fourth-order valence-corrected chi connectivity index (χ4v) is 2.13. The SMILES string of the molecule is COc1cccc(CNC(=O)c2ccc(-n3cccn3)nc2)c1. The van der Waals surface area contributed by atoms with E-state index in [1.54, 1.807) is 36.3 Å². The molecule has 1 amide bonds. The third-order valence-corrected chi connectivity index (χ3v) is 3.34. The highest BCUT2D eigenvalue weighted by molar-refractivity contribution is 5.93. The van der Waals surface area contributed by atoms with E-state index in [0.717, 1.165) is 11.3 Å². The Morgan fingerprint density at radius 2 is 2.17 bits per heavy atom. The van der Waals surface area contributed by atoms with Crippen LogP contribution in [-0.2, 0) is 6.54 Å². The van der Waals surface area contributed by atoms with Crippen molar-refractivity contribution in [1.82, 2.24) is 20.1 Å². The van der Waals surface area contributed by atoms with E-state index < -0.39 is 0 Å². The van der Waals surface area contributed by atoms with Gasteiger partial charge < -0.3 is 10.1 Å². The molecule has 0 saturated heterocycles. The molecule has 0 aliphatic carbocycles. The summed E-state index contributed by atoms with van der Waals surface area (Å²) in [6.07, 6.45) is 5.01. The number of pyridine rings is 1. The lowest BCUT2D eigenvalue weighted by molar-refractivity contribution is 0.0950. The number of aromatic nitrogens is 3. The van der Waals surface area contributed by atoms with Crippen molar-refractivity contribution < 1.29 is 9.53 Å². The molecule has 0 saturated carbocycles. The average Bonchev–Trinajstić information content (AvgIpc) is 3.14. The highest BCUT2D eigenvalue weighted by atomic mass is 16.5. The third-order valence-electron chi connectivity index (χ3n) is 3.34. The smallest absolute Gasteiger partial charge is 0.253 e. The van der Waals surface area contributed by atoms with Gasteiger partial charge in [-0.05, 0) is 35.9 Å². The van der Waals surface area contributed by atoms with Gasteiger partial charge in [0.1, 0.15) is 5.75 Å². The molecule has 3 aromatic rings. The Bertz CT molecular complexity index is 783. The van der Waals surface area contributed by atoms with Crippen LogP contribution in [0.4, 0.5) is 0 Å². The predicted octanol–water partition coefficient (Wildman–Crippen LogP) is 2.21. The first-order chi connectivity index (χ1) is 11.3. The quantitative estimate of drug-likeness (QED) is 0.784. The van der Waals surface area contributed by atoms with Crippen molar-refractivity contribution in [1.29, 1.82) is 0 Å². The molecule has 6 heteroatoms. The number of hydrogen-bond donors (Lipinski definition) is 1. The molecule has 2 aromatic heterocycles. The lowest BCUT2D eigenvalue weighted by atomic mass is 10.2. The topological polar surface area (TPSA) is 69.0 Å². The molecule has 0 spiro atoms. The van der Waals surface area contributed by atoms with Crippen molar-refractivity contribution in [3.63, 3.8) is 0 Å². The number of rotatable bonds is 5. The van der Waals surface area contributed by atoms with E-state index in [1.807, 2.05) is 30.3 Å². The number of benzene rings is 1. The van der Waals surface area contributed by atoms with Gasteiger partial charge in [-0.15, -0.1) is 0 Å². The van der Waals surface area contributed by atoms with Crippen molar-refractivity contribution in [3.05, 3.63) is 72.2 Å². The summed E-state index contributed by atoms with van der Waals surface area (Å²) in [5, 5.41) is 6.96. The van der Waals surface area contributed by atoms with Gasteiger partial charge in [-0.25, -0.2) is 9.67 Å². The van der Waals surface area contributed by atoms with Gasteiger partial charge in [0.25, 0.3) is 5.91 Å². The van der Waals surface area contributed by atoms with Crippen LogP contribution in [0.2, 0.25) is 0 Å². The fraction of sp³-hybridized carbons (Fsp3) is 0.118. The lowest BCUT2D eigenvalue weighted by Gasteiger charge is -2.07. The van der Waals surface area contributed by atoms with Gasteiger partial charge in [0, 0.05) is 25.1 Å². The molecule has 1 aromatic carbocycles. The maximum atomic E-state index is 12.2. The van der Waals surface area contributed by atoms with E-state index >= 15 is 0 Å². The summed E-state index contributed by atoms with van der Waals surface area (Å²) in [5.41, 5.74) is 1.47. The van der Waals surface area contributed by atoms with Gasteiger partial charge in [-0.2, -0.15) is 5.10 Å². The third kappa shape index (κ3) is 3.55. The number of amides is 1. The molecule has 1 N–H and O–H groups in total. The number of nitrogens with one attached hydrogen (secondary N) is 1. The van der Waals surface area contributed by atoms with Crippen LogP contribution >= 0.6 is 0 Å². The Balaban J connectivity index is 1.64. The van der Waals surface area contributed by atoms with Crippen LogP contribution in [0, 0.1) is 0 Å². The summed E-state index contributed by atoms with van der Waals surface area (Å²) in [6.45, 7) is 0.428. The zero-order valence-electron chi connectivity index (χ0n) is 12.6. The molecule has 23 heavy (non-hydrogen) atoms. The summed E-state index contributed by atoms with van der Waals surface area (Å²) in [4.78, 5) is 16.4. The molecule has 0 aliphatic rings. The van der Waals surface area contributed by atoms with Crippen LogP contribution in [-0.4, -0.2) is 27.8 Å². The van der Waals surface area contributed by atoms with Gasteiger partial charge in [0.05, 0.1) is 12.7 Å². The largest absolute Gasteiger partial charge is 0.497 e. The minimum Gasteiger partial charge on any atom is -0.497 e. The molecule has 0 bridgehead atoms. The van der Waals surface area contributed by atoms with Crippen LogP contribution in [0.25, 0.3) is 5.82 Å². The normalized spacial score (nSPS) is 10.3. The average molecular weight is 308 g/mol. The number of carbonyl (C=O) groups is 1. The summed E-state index contributed by atoms with van der Waals surface area (Å²) in [6, 6.07) is 12.9. The second-order valence-electron chi connectivity index (χ2n) is 4.89. The second kappa shape index (κ2) is 6.74. The molecule has 3 rings (SSSR count). The molecule has 0 fully saturated rings. The summed E-state index contributed by atoms with van der Waals surface area (Å²) in [7, 11) is 1.62. The molecule has 6 nitrogen and oxygen atoms in total. The van der Waals surface area contributed by atoms with E-state index in [1.165, 1.54) is 6.20 Å². The molecular formula is C17H16N4O2. The first kappa shape index (κ1) is 14.8. The van der Waals surface area contributed by atoms with E-state index in [-0.39, 0.29) is 5.91 Å². The van der Waals surface area contributed by atoms with E-state index in [0.29, 0.717) is 17.9 Å². The van der Waals surface area contributed by atoms with Crippen LogP contribution in [0.3, 0.4) is 0 Å². The fourth-order valence-electron chi connectivity index (χ4n) is 2.13. The Morgan fingerprint density at radius 1 is 1.26 bits per heavy atom. The monoisotopic (exact) mass is 308 g/mol. The Labute approximate surface area is 133 Å². The highest BCUT2D eigenvalue weighted by Gasteiger charge is 2.07. The first-order valence-electron chi connectivity index (χ1n) is 7.13. The van der Waals surface area contributed by atoms with Gasteiger partial charge in [-0.1, -0.05) is 12.1 Å². The molecule has 0 atom stereocenters. The van der Waals surface area contributed by atoms with Crippen LogP contribution in [0.5, 0.6) is 5.75 Å². The number of carbonyl (C=O) groups excluding carboxylic acids is 1. The number of ether oxygens (including phenoxy) is 1. The Kier molecular flexibility index (Phi) is 4.33. The van der Waals surface area contributed by atoms with Gasteiger partial charge in [0.2, 0.25) is 0 Å². The summed E-state index contributed by atoms with van der Waals surface area (Å²) >= 11 is 0. The zero-order chi connectivity index (χ0) is 16.1. The zero-order valence-corrected chi connectivity index (χ0v) is 12.6.